The van der Waals surface area contributed by atoms with Crippen molar-refractivity contribution < 1.29 is 5.11 Å². The minimum absolute atomic E-state index is 0.345. The summed E-state index contributed by atoms with van der Waals surface area (Å²) < 4.78 is 0. The number of aryl methyl sites for hydroxylation is 2. The average molecular weight is 125 g/mol. The Morgan fingerprint density at radius 1 is 1.11 bits per heavy atom. The zero-order valence-electron chi connectivity index (χ0n) is 5.68. The van der Waals surface area contributed by atoms with Gasteiger partial charge in [0.05, 0.1) is 0 Å². The van der Waals surface area contributed by atoms with Gasteiger partial charge in [-0.1, -0.05) is 6.07 Å². The maximum atomic E-state index is 8.94. The number of hydrogen-bond donors (Lipinski definition) is 1. The van der Waals surface area contributed by atoms with Crippen molar-refractivity contribution in [3.8, 4) is 5.75 Å². The van der Waals surface area contributed by atoms with Gasteiger partial charge in [0, 0.05) is 0 Å². The van der Waals surface area contributed by atoms with Gasteiger partial charge >= 0.3 is 0 Å². The third kappa shape index (κ3) is 1.22. The van der Waals surface area contributed by atoms with Gasteiger partial charge in [0.1, 0.15) is 5.75 Å². The van der Waals surface area contributed by atoms with Crippen molar-refractivity contribution in [3.63, 3.8) is 0 Å². The van der Waals surface area contributed by atoms with E-state index in [9.17, 15) is 0 Å². The second kappa shape index (κ2) is 2.09. The van der Waals surface area contributed by atoms with Crippen LogP contribution < -0.4 is 0 Å². The predicted octanol–water partition coefficient (Wildman–Crippen LogP) is 2.01. The lowest BCUT2D eigenvalue weighted by molar-refractivity contribution is 0.474. The molecule has 1 aromatic carbocycles. The Morgan fingerprint density at radius 2 is 1.78 bits per heavy atom. The summed E-state index contributed by atoms with van der Waals surface area (Å²) in [6, 6.07) is 5.36. The third-order valence-electron chi connectivity index (χ3n) is 1.49. The van der Waals surface area contributed by atoms with Crippen LogP contribution in [0.5, 0.6) is 5.75 Å². The minimum atomic E-state index is 0.345. The highest BCUT2D eigenvalue weighted by Crippen LogP contribution is 2.13. The molecule has 0 fully saturated rings. The van der Waals surface area contributed by atoms with E-state index in [1.807, 2.05) is 19.9 Å². The fourth-order valence-electron chi connectivity index (χ4n) is 0.726. The third-order valence-corrected chi connectivity index (χ3v) is 1.49. The molecule has 1 aromatic rings. The molecule has 48 valence electrons. The molecule has 0 atom stereocenters. The Balaban J connectivity index is 3.17. The van der Waals surface area contributed by atoms with Crippen LogP contribution in [0.3, 0.4) is 0 Å². The molecule has 0 saturated heterocycles. The molecule has 0 aliphatic carbocycles. The minimum Gasteiger partial charge on any atom is -0.508 e. The van der Waals surface area contributed by atoms with E-state index in [0.29, 0.717) is 5.75 Å². The monoisotopic (exact) mass is 125 g/mol. The van der Waals surface area contributed by atoms with Gasteiger partial charge in [-0.2, -0.15) is 0 Å². The van der Waals surface area contributed by atoms with Crippen LogP contribution in [0.2, 0.25) is 0 Å². The molecule has 0 bridgehead atoms. The standard InChI is InChI=1S/C8H10O/c1-6-3-4-8(9)5-7(6)2/h3-5,9H,1-2H3/i4+1,5+1,8+1. The van der Waals surface area contributed by atoms with Gasteiger partial charge in [0.2, 0.25) is 0 Å². The van der Waals surface area contributed by atoms with E-state index in [-0.39, 0.29) is 0 Å². The van der Waals surface area contributed by atoms with Crippen LogP contribution in [0, 0.1) is 13.8 Å². The molecule has 0 heterocycles. The highest BCUT2D eigenvalue weighted by molar-refractivity contribution is 5.32. The lowest BCUT2D eigenvalue weighted by Gasteiger charge is -1.97. The molecular formula is C8H10O. The Morgan fingerprint density at radius 3 is 2.22 bits per heavy atom. The number of phenolic OH excluding ortho intramolecular Hbond substituents is 1. The number of hydrogen-bond acceptors (Lipinski definition) is 1. The van der Waals surface area contributed by atoms with Crippen molar-refractivity contribution in [1.29, 1.82) is 0 Å². The molecule has 0 saturated carbocycles. The second-order valence-corrected chi connectivity index (χ2v) is 2.27. The predicted molar refractivity (Wildman–Crippen MR) is 37.6 cm³/mol. The van der Waals surface area contributed by atoms with Gasteiger partial charge in [-0.15, -0.1) is 0 Å². The molecule has 0 aliphatic heterocycles. The molecule has 0 spiro atoms. The fraction of sp³-hybridized carbons (Fsp3) is 0.250. The van der Waals surface area contributed by atoms with Crippen LogP contribution >= 0.6 is 0 Å². The van der Waals surface area contributed by atoms with Crippen LogP contribution in [-0.4, -0.2) is 5.11 Å². The Bertz CT molecular complexity index is 216. The fourth-order valence-corrected chi connectivity index (χ4v) is 0.726. The van der Waals surface area contributed by atoms with E-state index in [1.54, 1.807) is 12.1 Å². The largest absolute Gasteiger partial charge is 0.508 e. The Hall–Kier alpha value is -0.980. The van der Waals surface area contributed by atoms with Gasteiger partial charge in [-0.05, 0) is 37.1 Å². The Kier molecular flexibility index (Phi) is 1.43. The molecule has 1 rings (SSSR count). The SMILES string of the molecule is Cc1c[13cH][13c](O)[13cH]c1C. The molecule has 9 heavy (non-hydrogen) atoms. The number of rotatable bonds is 0. The van der Waals surface area contributed by atoms with Crippen LogP contribution in [0.15, 0.2) is 18.2 Å². The van der Waals surface area contributed by atoms with Crippen molar-refractivity contribution in [2.24, 2.45) is 0 Å². The van der Waals surface area contributed by atoms with E-state index in [1.165, 1.54) is 5.56 Å². The molecule has 0 aromatic heterocycles. The van der Waals surface area contributed by atoms with Gasteiger partial charge in [-0.25, -0.2) is 0 Å². The maximum absolute atomic E-state index is 8.94. The van der Waals surface area contributed by atoms with Crippen molar-refractivity contribution in [2.45, 2.75) is 13.8 Å². The normalized spacial score (nSPS) is 9.56. The van der Waals surface area contributed by atoms with E-state index in [4.69, 9.17) is 5.11 Å². The van der Waals surface area contributed by atoms with Gasteiger partial charge in [0.15, 0.2) is 0 Å². The van der Waals surface area contributed by atoms with Crippen LogP contribution in [-0.2, 0) is 0 Å². The summed E-state index contributed by atoms with van der Waals surface area (Å²) >= 11 is 0. The summed E-state index contributed by atoms with van der Waals surface area (Å²) in [5.41, 5.74) is 2.35. The highest BCUT2D eigenvalue weighted by atomic mass is 16.3. The zero-order valence-corrected chi connectivity index (χ0v) is 5.68. The lowest BCUT2D eigenvalue weighted by Crippen LogP contribution is -1.76. The number of aromatic hydroxyl groups is 1. The molecule has 1 heteroatoms. The van der Waals surface area contributed by atoms with E-state index in [2.05, 4.69) is 0 Å². The summed E-state index contributed by atoms with van der Waals surface area (Å²) in [6.45, 7) is 4.00. The van der Waals surface area contributed by atoms with Crippen molar-refractivity contribution in [3.05, 3.63) is 29.3 Å². The summed E-state index contributed by atoms with van der Waals surface area (Å²) in [7, 11) is 0. The van der Waals surface area contributed by atoms with E-state index in [0.717, 1.165) is 5.56 Å². The molecular weight excluding hydrogens is 115 g/mol. The first kappa shape index (κ1) is 6.14. The van der Waals surface area contributed by atoms with Crippen molar-refractivity contribution in [1.82, 2.24) is 0 Å². The lowest BCUT2D eigenvalue weighted by atomic mass is 10.2. The van der Waals surface area contributed by atoms with Gasteiger partial charge in [0.25, 0.3) is 0 Å². The summed E-state index contributed by atoms with van der Waals surface area (Å²) in [6.07, 6.45) is 0. The molecule has 0 radical (unpaired) electrons. The smallest absolute Gasteiger partial charge is 0.115 e. The second-order valence-electron chi connectivity index (χ2n) is 2.27. The quantitative estimate of drug-likeness (QED) is 0.562. The Labute approximate surface area is 55.0 Å². The maximum Gasteiger partial charge on any atom is 0.115 e. The molecule has 1 nitrogen and oxygen atoms in total. The van der Waals surface area contributed by atoms with Crippen LogP contribution in [0.1, 0.15) is 11.1 Å². The van der Waals surface area contributed by atoms with Crippen molar-refractivity contribution >= 4 is 0 Å². The summed E-state index contributed by atoms with van der Waals surface area (Å²) in [5.74, 6) is 0.345. The van der Waals surface area contributed by atoms with Crippen LogP contribution in [0.25, 0.3) is 0 Å². The summed E-state index contributed by atoms with van der Waals surface area (Å²) in [5, 5.41) is 8.94. The number of benzene rings is 1. The van der Waals surface area contributed by atoms with Crippen molar-refractivity contribution in [2.75, 3.05) is 0 Å². The highest BCUT2D eigenvalue weighted by Gasteiger charge is 1.90. The first-order chi connectivity index (χ1) is 4.20. The first-order valence-electron chi connectivity index (χ1n) is 2.96. The van der Waals surface area contributed by atoms with Crippen LogP contribution in [0.4, 0.5) is 0 Å². The first-order valence-corrected chi connectivity index (χ1v) is 2.96. The molecule has 0 unspecified atom stereocenters. The molecule has 0 amide bonds. The van der Waals surface area contributed by atoms with Gasteiger partial charge in [-0.3, -0.25) is 0 Å². The van der Waals surface area contributed by atoms with E-state index >= 15 is 0 Å². The summed E-state index contributed by atoms with van der Waals surface area (Å²) in [4.78, 5) is 0. The average Bonchev–Trinajstić information content (AvgIpc) is 1.80. The zero-order chi connectivity index (χ0) is 6.85. The topological polar surface area (TPSA) is 20.2 Å². The van der Waals surface area contributed by atoms with E-state index < -0.39 is 0 Å². The van der Waals surface area contributed by atoms with Gasteiger partial charge < -0.3 is 5.11 Å². The number of phenols is 1. The molecule has 0 aliphatic rings. The molecule has 1 N–H and O–H groups in total.